The molecule has 112 valence electrons. The van der Waals surface area contributed by atoms with Gasteiger partial charge in [0.2, 0.25) is 10.0 Å². The SMILES string of the molecule is NC1CCN(S(=O)(=O)Cc2cccc3cccnc23)CC1. The molecule has 0 amide bonds. The Labute approximate surface area is 124 Å². The van der Waals surface area contributed by atoms with E-state index in [2.05, 4.69) is 4.98 Å². The second-order valence-corrected chi connectivity index (χ2v) is 7.45. The first-order chi connectivity index (χ1) is 10.1. The van der Waals surface area contributed by atoms with Crippen LogP contribution in [0.1, 0.15) is 18.4 Å². The van der Waals surface area contributed by atoms with Crippen molar-refractivity contribution in [1.82, 2.24) is 9.29 Å². The van der Waals surface area contributed by atoms with Gasteiger partial charge >= 0.3 is 0 Å². The van der Waals surface area contributed by atoms with Crippen LogP contribution in [0.4, 0.5) is 0 Å². The van der Waals surface area contributed by atoms with Crippen LogP contribution in [-0.2, 0) is 15.8 Å². The first-order valence-electron chi connectivity index (χ1n) is 7.12. The standard InChI is InChI=1S/C15H19N3O2S/c16-14-6-9-18(10-7-14)21(19,20)11-13-4-1-3-12-5-2-8-17-15(12)13/h1-5,8,14H,6-7,9-11,16H2. The van der Waals surface area contributed by atoms with Gasteiger partial charge in [0.05, 0.1) is 11.3 Å². The van der Waals surface area contributed by atoms with Gasteiger partial charge < -0.3 is 5.73 Å². The summed E-state index contributed by atoms with van der Waals surface area (Å²) in [6.07, 6.45) is 3.15. The summed E-state index contributed by atoms with van der Waals surface area (Å²) in [7, 11) is -3.31. The Balaban J connectivity index is 1.87. The molecule has 5 nitrogen and oxygen atoms in total. The number of para-hydroxylation sites is 1. The van der Waals surface area contributed by atoms with Crippen LogP contribution in [0.3, 0.4) is 0 Å². The lowest BCUT2D eigenvalue weighted by Crippen LogP contribution is -2.43. The Morgan fingerprint density at radius 1 is 1.19 bits per heavy atom. The number of rotatable bonds is 3. The average Bonchev–Trinajstić information content (AvgIpc) is 2.48. The highest BCUT2D eigenvalue weighted by atomic mass is 32.2. The molecule has 1 aliphatic rings. The Morgan fingerprint density at radius 2 is 1.90 bits per heavy atom. The first kappa shape index (κ1) is 14.4. The Hall–Kier alpha value is -1.50. The fourth-order valence-electron chi connectivity index (χ4n) is 2.73. The first-order valence-corrected chi connectivity index (χ1v) is 8.73. The van der Waals surface area contributed by atoms with E-state index in [0.717, 1.165) is 29.3 Å². The third-order valence-electron chi connectivity index (χ3n) is 3.95. The molecule has 6 heteroatoms. The Bertz CT molecular complexity index is 732. The maximum Gasteiger partial charge on any atom is 0.218 e. The van der Waals surface area contributed by atoms with Crippen LogP contribution in [-0.4, -0.2) is 36.8 Å². The van der Waals surface area contributed by atoms with Crippen molar-refractivity contribution in [2.24, 2.45) is 5.73 Å². The van der Waals surface area contributed by atoms with Crippen molar-refractivity contribution in [3.05, 3.63) is 42.1 Å². The van der Waals surface area contributed by atoms with Gasteiger partial charge in [0.1, 0.15) is 0 Å². The molecule has 1 aromatic heterocycles. The van der Waals surface area contributed by atoms with Crippen molar-refractivity contribution in [1.29, 1.82) is 0 Å². The van der Waals surface area contributed by atoms with E-state index < -0.39 is 10.0 Å². The molecule has 2 aromatic rings. The zero-order valence-electron chi connectivity index (χ0n) is 11.8. The summed E-state index contributed by atoms with van der Waals surface area (Å²) in [6.45, 7) is 1.03. The number of hydrogen-bond donors (Lipinski definition) is 1. The van der Waals surface area contributed by atoms with Crippen LogP contribution in [0.5, 0.6) is 0 Å². The van der Waals surface area contributed by atoms with Crippen molar-refractivity contribution in [2.45, 2.75) is 24.6 Å². The fraction of sp³-hybridized carbons (Fsp3) is 0.400. The summed E-state index contributed by atoms with van der Waals surface area (Å²) in [5.74, 6) is -0.00338. The van der Waals surface area contributed by atoms with Gasteiger partial charge in [-0.15, -0.1) is 0 Å². The van der Waals surface area contributed by atoms with E-state index in [1.165, 1.54) is 0 Å². The van der Waals surface area contributed by atoms with Crippen LogP contribution in [0.2, 0.25) is 0 Å². The van der Waals surface area contributed by atoms with Crippen LogP contribution in [0.25, 0.3) is 10.9 Å². The van der Waals surface area contributed by atoms with Crippen molar-refractivity contribution >= 4 is 20.9 Å². The van der Waals surface area contributed by atoms with Gasteiger partial charge in [0.15, 0.2) is 0 Å². The number of benzene rings is 1. The quantitative estimate of drug-likeness (QED) is 0.932. The smallest absolute Gasteiger partial charge is 0.218 e. The monoisotopic (exact) mass is 305 g/mol. The lowest BCUT2D eigenvalue weighted by atomic mass is 10.1. The van der Waals surface area contributed by atoms with E-state index in [4.69, 9.17) is 5.73 Å². The summed E-state index contributed by atoms with van der Waals surface area (Å²) < 4.78 is 26.7. The zero-order chi connectivity index (χ0) is 14.9. The lowest BCUT2D eigenvalue weighted by Gasteiger charge is -2.29. The third-order valence-corrected chi connectivity index (χ3v) is 5.77. The summed E-state index contributed by atoms with van der Waals surface area (Å²) in [4.78, 5) is 4.32. The highest BCUT2D eigenvalue weighted by molar-refractivity contribution is 7.88. The molecular weight excluding hydrogens is 286 g/mol. The minimum Gasteiger partial charge on any atom is -0.328 e. The molecular formula is C15H19N3O2S. The van der Waals surface area contributed by atoms with Gasteiger partial charge in [-0.05, 0) is 24.5 Å². The van der Waals surface area contributed by atoms with Crippen molar-refractivity contribution < 1.29 is 8.42 Å². The number of fused-ring (bicyclic) bond motifs is 1. The van der Waals surface area contributed by atoms with Gasteiger partial charge in [0.25, 0.3) is 0 Å². The molecule has 2 N–H and O–H groups in total. The minimum absolute atomic E-state index is 0.00338. The van der Waals surface area contributed by atoms with Crippen molar-refractivity contribution in [3.8, 4) is 0 Å². The van der Waals surface area contributed by atoms with E-state index in [1.54, 1.807) is 10.5 Å². The number of nitrogens with two attached hydrogens (primary N) is 1. The molecule has 0 aliphatic carbocycles. The molecule has 0 bridgehead atoms. The van der Waals surface area contributed by atoms with E-state index >= 15 is 0 Å². The number of aromatic nitrogens is 1. The molecule has 3 rings (SSSR count). The van der Waals surface area contributed by atoms with Gasteiger partial charge in [-0.3, -0.25) is 4.98 Å². The van der Waals surface area contributed by atoms with Crippen molar-refractivity contribution in [3.63, 3.8) is 0 Å². The zero-order valence-corrected chi connectivity index (χ0v) is 12.6. The minimum atomic E-state index is -3.31. The summed E-state index contributed by atoms with van der Waals surface area (Å²) in [5.41, 5.74) is 7.35. The van der Waals surface area contributed by atoms with E-state index in [0.29, 0.717) is 13.1 Å². The maximum absolute atomic E-state index is 12.6. The van der Waals surface area contributed by atoms with Crippen LogP contribution >= 0.6 is 0 Å². The number of piperidine rings is 1. The number of hydrogen-bond acceptors (Lipinski definition) is 4. The molecule has 2 heterocycles. The normalized spacial score (nSPS) is 18.1. The Morgan fingerprint density at radius 3 is 2.67 bits per heavy atom. The van der Waals surface area contributed by atoms with E-state index in [-0.39, 0.29) is 11.8 Å². The molecule has 21 heavy (non-hydrogen) atoms. The van der Waals surface area contributed by atoms with E-state index in [9.17, 15) is 8.42 Å². The second-order valence-electron chi connectivity index (χ2n) is 5.48. The highest BCUT2D eigenvalue weighted by Gasteiger charge is 2.27. The lowest BCUT2D eigenvalue weighted by molar-refractivity contribution is 0.319. The fourth-order valence-corrected chi connectivity index (χ4v) is 4.30. The molecule has 1 aliphatic heterocycles. The van der Waals surface area contributed by atoms with Crippen LogP contribution < -0.4 is 5.73 Å². The largest absolute Gasteiger partial charge is 0.328 e. The predicted molar refractivity (Wildman–Crippen MR) is 83.1 cm³/mol. The summed E-state index contributed by atoms with van der Waals surface area (Å²) in [6, 6.07) is 9.57. The van der Waals surface area contributed by atoms with Crippen LogP contribution in [0.15, 0.2) is 36.5 Å². The maximum atomic E-state index is 12.6. The molecule has 0 atom stereocenters. The number of sulfonamides is 1. The van der Waals surface area contributed by atoms with Gasteiger partial charge in [-0.25, -0.2) is 12.7 Å². The molecule has 1 saturated heterocycles. The third kappa shape index (κ3) is 3.07. The van der Waals surface area contributed by atoms with Gasteiger partial charge in [-0.1, -0.05) is 24.3 Å². The summed E-state index contributed by atoms with van der Waals surface area (Å²) >= 11 is 0. The van der Waals surface area contributed by atoms with E-state index in [1.807, 2.05) is 30.3 Å². The molecule has 0 unspecified atom stereocenters. The molecule has 1 fully saturated rings. The molecule has 0 spiro atoms. The highest BCUT2D eigenvalue weighted by Crippen LogP contribution is 2.21. The topological polar surface area (TPSA) is 76.3 Å². The van der Waals surface area contributed by atoms with Gasteiger partial charge in [-0.2, -0.15) is 0 Å². The molecule has 0 radical (unpaired) electrons. The molecule has 0 saturated carbocycles. The predicted octanol–water partition coefficient (Wildman–Crippen LogP) is 1.49. The van der Waals surface area contributed by atoms with Crippen molar-refractivity contribution in [2.75, 3.05) is 13.1 Å². The summed E-state index contributed by atoms with van der Waals surface area (Å²) in [5, 5.41) is 0.964. The number of pyridine rings is 1. The second kappa shape index (κ2) is 5.71. The number of nitrogens with zero attached hydrogens (tertiary/aromatic N) is 2. The van der Waals surface area contributed by atoms with Gasteiger partial charge in [0, 0.05) is 30.7 Å². The average molecular weight is 305 g/mol. The van der Waals surface area contributed by atoms with Crippen LogP contribution in [0, 0.1) is 0 Å². The molecule has 1 aromatic carbocycles. The Kier molecular flexibility index (Phi) is 3.93.